The molecule has 0 spiro atoms. The number of hydrogen-bond donors (Lipinski definition) is 1. The summed E-state index contributed by atoms with van der Waals surface area (Å²) in [6, 6.07) is 12.1. The van der Waals surface area contributed by atoms with Gasteiger partial charge in [0.05, 0.1) is 16.3 Å². The van der Waals surface area contributed by atoms with Crippen molar-refractivity contribution in [2.24, 2.45) is 4.99 Å². The molecule has 2 N–H and O–H groups in total. The minimum atomic E-state index is -0.504. The van der Waals surface area contributed by atoms with Crippen molar-refractivity contribution in [2.75, 3.05) is 5.73 Å². The van der Waals surface area contributed by atoms with Crippen LogP contribution in [0.15, 0.2) is 52.8 Å². The Morgan fingerprint density at radius 2 is 2.00 bits per heavy atom. The highest BCUT2D eigenvalue weighted by molar-refractivity contribution is 7.07. The third-order valence-electron chi connectivity index (χ3n) is 3.69. The largest absolute Gasteiger partial charge is 0.393 e. The standard InChI is InChI=1S/C17H15ClN4O2S/c1-2-21-16(11-3-5-12(18)6-4-11)10-25-17(21)20-13-7-8-14(19)15(9-13)22(23)24/h3-10H,2,19H2,1H3. The van der Waals surface area contributed by atoms with E-state index >= 15 is 0 Å². The molecule has 2 aromatic carbocycles. The molecule has 0 bridgehead atoms. The van der Waals surface area contributed by atoms with Gasteiger partial charge in [-0.2, -0.15) is 0 Å². The number of nitrogen functional groups attached to an aromatic ring is 1. The van der Waals surface area contributed by atoms with Gasteiger partial charge in [0, 0.05) is 23.0 Å². The van der Waals surface area contributed by atoms with Gasteiger partial charge in [-0.1, -0.05) is 23.7 Å². The van der Waals surface area contributed by atoms with Gasteiger partial charge in [-0.3, -0.25) is 10.1 Å². The van der Waals surface area contributed by atoms with E-state index in [0.29, 0.717) is 10.7 Å². The quantitative estimate of drug-likeness (QED) is 0.411. The van der Waals surface area contributed by atoms with Crippen LogP contribution in [0.5, 0.6) is 0 Å². The predicted molar refractivity (Wildman–Crippen MR) is 101 cm³/mol. The highest BCUT2D eigenvalue weighted by Gasteiger charge is 2.12. The minimum Gasteiger partial charge on any atom is -0.393 e. The molecule has 0 atom stereocenters. The molecule has 0 aliphatic rings. The monoisotopic (exact) mass is 374 g/mol. The van der Waals surface area contributed by atoms with Crippen LogP contribution < -0.4 is 10.5 Å². The molecule has 0 saturated carbocycles. The number of nitrogens with two attached hydrogens (primary N) is 1. The fraction of sp³-hybridized carbons (Fsp3) is 0.118. The Balaban J connectivity index is 2.09. The van der Waals surface area contributed by atoms with E-state index in [4.69, 9.17) is 17.3 Å². The summed E-state index contributed by atoms with van der Waals surface area (Å²) in [5, 5.41) is 13.7. The molecule has 6 nitrogen and oxygen atoms in total. The number of benzene rings is 2. The number of rotatable bonds is 4. The predicted octanol–water partition coefficient (Wildman–Crippen LogP) is 4.61. The van der Waals surface area contributed by atoms with Gasteiger partial charge in [0.15, 0.2) is 4.80 Å². The Bertz CT molecular complexity index is 993. The molecule has 0 aliphatic heterocycles. The van der Waals surface area contributed by atoms with Gasteiger partial charge in [-0.05, 0) is 36.8 Å². The maximum absolute atomic E-state index is 11.0. The molecular formula is C17H15ClN4O2S. The van der Waals surface area contributed by atoms with E-state index < -0.39 is 4.92 Å². The molecule has 1 aromatic heterocycles. The third kappa shape index (κ3) is 3.57. The second-order valence-electron chi connectivity index (χ2n) is 5.27. The maximum Gasteiger partial charge on any atom is 0.294 e. The van der Waals surface area contributed by atoms with Crippen molar-refractivity contribution in [1.29, 1.82) is 0 Å². The molecule has 3 aromatic rings. The van der Waals surface area contributed by atoms with Crippen LogP contribution >= 0.6 is 22.9 Å². The number of nitro groups is 1. The lowest BCUT2D eigenvalue weighted by atomic mass is 10.2. The summed E-state index contributed by atoms with van der Waals surface area (Å²) in [5.74, 6) is 0. The fourth-order valence-corrected chi connectivity index (χ4v) is 3.56. The average molecular weight is 375 g/mol. The Hall–Kier alpha value is -2.64. The van der Waals surface area contributed by atoms with E-state index in [1.165, 1.54) is 23.5 Å². The lowest BCUT2D eigenvalue weighted by Gasteiger charge is -2.06. The van der Waals surface area contributed by atoms with E-state index in [1.807, 2.05) is 36.6 Å². The van der Waals surface area contributed by atoms with Crippen molar-refractivity contribution < 1.29 is 4.92 Å². The Morgan fingerprint density at radius 3 is 2.64 bits per heavy atom. The number of thiazole rings is 1. The summed E-state index contributed by atoms with van der Waals surface area (Å²) in [4.78, 5) is 15.8. The first-order chi connectivity index (χ1) is 12.0. The van der Waals surface area contributed by atoms with Crippen LogP contribution in [0.3, 0.4) is 0 Å². The van der Waals surface area contributed by atoms with Crippen LogP contribution in [0.2, 0.25) is 5.02 Å². The van der Waals surface area contributed by atoms with E-state index in [2.05, 4.69) is 9.56 Å². The van der Waals surface area contributed by atoms with Crippen molar-refractivity contribution in [2.45, 2.75) is 13.5 Å². The summed E-state index contributed by atoms with van der Waals surface area (Å²) in [5.41, 5.74) is 8.17. The van der Waals surface area contributed by atoms with Crippen molar-refractivity contribution in [3.63, 3.8) is 0 Å². The smallest absolute Gasteiger partial charge is 0.294 e. The Kier molecular flexibility index (Phi) is 4.87. The van der Waals surface area contributed by atoms with Gasteiger partial charge in [-0.25, -0.2) is 4.99 Å². The molecule has 3 rings (SSSR count). The summed E-state index contributed by atoms with van der Waals surface area (Å²) in [6.45, 7) is 2.74. The molecule has 25 heavy (non-hydrogen) atoms. The van der Waals surface area contributed by atoms with Crippen LogP contribution in [-0.2, 0) is 6.54 Å². The first kappa shape index (κ1) is 17.2. The van der Waals surface area contributed by atoms with Crippen LogP contribution in [-0.4, -0.2) is 9.49 Å². The van der Waals surface area contributed by atoms with Crippen LogP contribution in [0.25, 0.3) is 11.3 Å². The highest BCUT2D eigenvalue weighted by Crippen LogP contribution is 2.27. The number of halogens is 1. The first-order valence-corrected chi connectivity index (χ1v) is 8.78. The summed E-state index contributed by atoms with van der Waals surface area (Å²) in [7, 11) is 0. The van der Waals surface area contributed by atoms with Crippen molar-refractivity contribution >= 4 is 40.0 Å². The third-order valence-corrected chi connectivity index (χ3v) is 4.80. The number of nitro benzene ring substituents is 1. The summed E-state index contributed by atoms with van der Waals surface area (Å²) >= 11 is 7.43. The zero-order valence-corrected chi connectivity index (χ0v) is 14.9. The van der Waals surface area contributed by atoms with Crippen molar-refractivity contribution in [3.8, 4) is 11.3 Å². The van der Waals surface area contributed by atoms with Gasteiger partial charge in [0.25, 0.3) is 5.69 Å². The summed E-state index contributed by atoms with van der Waals surface area (Å²) < 4.78 is 2.05. The van der Waals surface area contributed by atoms with Gasteiger partial charge >= 0.3 is 0 Å². The molecular weight excluding hydrogens is 360 g/mol. The van der Waals surface area contributed by atoms with E-state index in [1.54, 1.807) is 6.07 Å². The Labute approximate surface area is 153 Å². The Morgan fingerprint density at radius 1 is 1.28 bits per heavy atom. The van der Waals surface area contributed by atoms with Crippen molar-refractivity contribution in [3.05, 3.63) is 67.8 Å². The van der Waals surface area contributed by atoms with E-state index in [0.717, 1.165) is 22.6 Å². The second kappa shape index (κ2) is 7.08. The lowest BCUT2D eigenvalue weighted by molar-refractivity contribution is -0.383. The molecule has 0 aliphatic carbocycles. The van der Waals surface area contributed by atoms with Crippen LogP contribution in [0.1, 0.15) is 6.92 Å². The fourth-order valence-electron chi connectivity index (χ4n) is 2.45. The molecule has 8 heteroatoms. The van der Waals surface area contributed by atoms with Crippen LogP contribution in [0, 0.1) is 10.1 Å². The van der Waals surface area contributed by atoms with Crippen LogP contribution in [0.4, 0.5) is 17.1 Å². The number of nitrogens with zero attached hydrogens (tertiary/aromatic N) is 3. The molecule has 0 saturated heterocycles. The van der Waals surface area contributed by atoms with Gasteiger partial charge in [-0.15, -0.1) is 11.3 Å². The first-order valence-electron chi connectivity index (χ1n) is 7.52. The SMILES string of the molecule is CCn1c(-c2ccc(Cl)cc2)csc1=Nc1ccc(N)c([N+](=O)[O-])c1. The zero-order chi connectivity index (χ0) is 18.0. The number of aromatic nitrogens is 1. The molecule has 0 radical (unpaired) electrons. The molecule has 0 unspecified atom stereocenters. The van der Waals surface area contributed by atoms with E-state index in [-0.39, 0.29) is 11.4 Å². The molecule has 0 amide bonds. The van der Waals surface area contributed by atoms with Gasteiger partial charge < -0.3 is 10.3 Å². The molecule has 0 fully saturated rings. The zero-order valence-electron chi connectivity index (χ0n) is 13.3. The molecule has 1 heterocycles. The van der Waals surface area contributed by atoms with E-state index in [9.17, 15) is 10.1 Å². The topological polar surface area (TPSA) is 86.5 Å². The van der Waals surface area contributed by atoms with Gasteiger partial charge in [0.1, 0.15) is 5.69 Å². The van der Waals surface area contributed by atoms with Gasteiger partial charge in [0.2, 0.25) is 0 Å². The number of hydrogen-bond acceptors (Lipinski definition) is 5. The second-order valence-corrected chi connectivity index (χ2v) is 6.54. The maximum atomic E-state index is 11.0. The number of anilines is 1. The molecule has 128 valence electrons. The minimum absolute atomic E-state index is 0.125. The average Bonchev–Trinajstić information content (AvgIpc) is 2.99. The highest BCUT2D eigenvalue weighted by atomic mass is 35.5. The summed E-state index contributed by atoms with van der Waals surface area (Å²) in [6.07, 6.45) is 0. The lowest BCUT2D eigenvalue weighted by Crippen LogP contribution is -2.14. The normalized spacial score (nSPS) is 11.7. The van der Waals surface area contributed by atoms with Crippen molar-refractivity contribution in [1.82, 2.24) is 4.57 Å².